The van der Waals surface area contributed by atoms with Crippen molar-refractivity contribution in [2.24, 2.45) is 0 Å². The second kappa shape index (κ2) is 29.4. The molecular formula is C94H91BrN10O2. The highest BCUT2D eigenvalue weighted by Gasteiger charge is 2.27. The predicted molar refractivity (Wildman–Crippen MR) is 453 cm³/mol. The molecule has 0 amide bonds. The van der Waals surface area contributed by atoms with Gasteiger partial charge in [0.15, 0.2) is 5.43 Å². The predicted octanol–water partition coefficient (Wildman–Crippen LogP) is 25.9. The fraction of sp³-hybridized carbons (Fsp3) is 0.213. The number of nitrogens with zero attached hydrogens (tertiary/aromatic N) is 9. The minimum Gasteiger partial charge on any atom is -0.457 e. The number of H-pyrrole nitrogens is 1. The third-order valence-electron chi connectivity index (χ3n) is 20.7. The Kier molecular flexibility index (Phi) is 19.9. The molecule has 0 fully saturated rings. The summed E-state index contributed by atoms with van der Waals surface area (Å²) in [6.45, 7) is 27.3. The van der Waals surface area contributed by atoms with Crippen molar-refractivity contribution in [3.63, 3.8) is 0 Å². The van der Waals surface area contributed by atoms with Crippen molar-refractivity contribution in [3.8, 4) is 45.6 Å². The Hall–Kier alpha value is -11.5. The third-order valence-corrected chi connectivity index (χ3v) is 21.2. The lowest BCUT2D eigenvalue weighted by Gasteiger charge is -2.23. The van der Waals surface area contributed by atoms with Gasteiger partial charge in [-0.1, -0.05) is 193 Å². The summed E-state index contributed by atoms with van der Waals surface area (Å²) in [4.78, 5) is 39.9. The summed E-state index contributed by atoms with van der Waals surface area (Å²) in [5.41, 5.74) is 23.1. The summed E-state index contributed by atoms with van der Waals surface area (Å²) in [6, 6.07) is 71.0. The average Bonchev–Trinajstić information content (AvgIpc) is 1.69. The number of aromatic nitrogens is 10. The number of halogens is 1. The zero-order chi connectivity index (χ0) is 72.6. The van der Waals surface area contributed by atoms with Crippen molar-refractivity contribution >= 4 is 114 Å². The lowest BCUT2D eigenvalue weighted by Crippen LogP contribution is -2.06. The molecule has 0 aliphatic heterocycles. The Balaban J connectivity index is 0.000000148. The van der Waals surface area contributed by atoms with E-state index in [0.29, 0.717) is 35.5 Å². The highest BCUT2D eigenvalue weighted by Crippen LogP contribution is 2.45. The van der Waals surface area contributed by atoms with Crippen LogP contribution in [0, 0.1) is 0 Å². The first kappa shape index (κ1) is 72.4. The molecule has 0 aliphatic carbocycles. The summed E-state index contributed by atoms with van der Waals surface area (Å²) < 4.78 is 16.7. The number of rotatable bonds is 12. The summed E-state index contributed by atoms with van der Waals surface area (Å²) in [5, 5.41) is 8.75. The molecule has 0 saturated carbocycles. The molecule has 0 spiro atoms. The second-order valence-corrected chi connectivity index (χ2v) is 30.3. The molecule has 10 aromatic heterocycles. The van der Waals surface area contributed by atoms with E-state index in [-0.39, 0.29) is 20.3 Å². The Bertz CT molecular complexity index is 6390. The molecule has 13 heteroatoms. The van der Waals surface area contributed by atoms with Gasteiger partial charge in [0, 0.05) is 89.5 Å². The zero-order valence-corrected chi connectivity index (χ0v) is 62.9. The van der Waals surface area contributed by atoms with Gasteiger partial charge in [0.05, 0.1) is 67.9 Å². The van der Waals surface area contributed by atoms with E-state index in [9.17, 15) is 4.79 Å². The van der Waals surface area contributed by atoms with Crippen LogP contribution in [0.1, 0.15) is 167 Å². The first-order valence-corrected chi connectivity index (χ1v) is 37.4. The number of nitrogens with one attached hydrogen (secondary N) is 1. The molecule has 18 rings (SSSR count). The first-order chi connectivity index (χ1) is 50.9. The molecule has 0 saturated heterocycles. The summed E-state index contributed by atoms with van der Waals surface area (Å²) in [6.07, 6.45) is 11.5. The molecule has 107 heavy (non-hydrogen) atoms. The van der Waals surface area contributed by atoms with E-state index >= 15 is 0 Å². The van der Waals surface area contributed by atoms with Crippen LogP contribution >= 0.6 is 15.9 Å². The van der Waals surface area contributed by atoms with Crippen LogP contribution in [0.15, 0.2) is 253 Å². The molecular weight excluding hydrogens is 1380 g/mol. The zero-order valence-electron chi connectivity index (χ0n) is 61.3. The Labute approximate surface area is 633 Å². The molecule has 0 aliphatic rings. The summed E-state index contributed by atoms with van der Waals surface area (Å²) >= 11 is 3.56. The largest absolute Gasteiger partial charge is 0.457 e. The first-order valence-electron chi connectivity index (χ1n) is 36.6. The maximum atomic E-state index is 12.3. The molecule has 10 heterocycles. The van der Waals surface area contributed by atoms with Crippen molar-refractivity contribution in [3.05, 3.63) is 292 Å². The minimum absolute atomic E-state index is 0. The summed E-state index contributed by atoms with van der Waals surface area (Å²) in [7, 11) is 0. The van der Waals surface area contributed by atoms with E-state index in [1.54, 1.807) is 12.1 Å². The number of pyridine rings is 6. The molecule has 1 N–H and O–H groups in total. The second-order valence-electron chi connectivity index (χ2n) is 29.4. The van der Waals surface area contributed by atoms with E-state index in [1.807, 2.05) is 91.6 Å². The van der Waals surface area contributed by atoms with Gasteiger partial charge in [-0.3, -0.25) is 27.7 Å². The molecule has 0 unspecified atom stereocenters. The SMILES string of the molecule is Brc1ccc2c3ccccc3n(-c3ccccn3)c2c1.C.C.CC(C)c1cc(C(C)C)c(-c2cnc3c4cc(=O)ccc4c4[nH]cccc4n23)c(C(C)C)c1.CC(C)c1cc(C(C)C)c(-c2cnc3c4cc(Oc5ccc6c7ccccc7n(-c7ccccn7)c6c5)ccc4c4ncccc4n23)c(C(C)C)c1. The number of hydrogen-bond donors (Lipinski definition) is 1. The lowest BCUT2D eigenvalue weighted by atomic mass is 9.83. The smallest absolute Gasteiger partial charge is 0.179 e. The molecule has 12 nitrogen and oxygen atoms in total. The molecule has 536 valence electrons. The molecule has 18 aromatic rings. The standard InChI is InChI=1S/C46H41N5O.C29H31N3O.C17H11BrN2.2CH4/c1-27(2)30-22-36(28(3)4)44(37(23-30)29(5)6)42-26-49-46-38-24-31(17-19-35(38)45-40(51(42)46)14-11-21-48-45)52-32-16-18-34-33-12-7-8-13-39(33)50(41(34)25-32)43-15-9-10-20-47-43;1-16(2)19-12-22(17(3)4)27(23(13-19)18(5)6)26-15-31-29-24-14-20(33)9-10-21(24)28-25(32(26)29)8-7-11-30-28;18-12-8-9-14-13-5-1-2-6-15(13)20(16(14)11-12)17-7-3-4-10-19-17;;/h7-29H,1-6H3;7-18,30H,1-6H3;1-11H;2*1H4. The molecule has 0 atom stereocenters. The van der Waals surface area contributed by atoms with E-state index in [1.165, 1.54) is 71.7 Å². The molecule has 0 bridgehead atoms. The topological polar surface area (TPSA) is 125 Å². The normalized spacial score (nSPS) is 11.8. The van der Waals surface area contributed by atoms with Crippen molar-refractivity contribution < 1.29 is 4.74 Å². The van der Waals surface area contributed by atoms with Crippen molar-refractivity contribution in [1.29, 1.82) is 0 Å². The molecule has 8 aromatic carbocycles. The fourth-order valence-electron chi connectivity index (χ4n) is 15.5. The maximum absolute atomic E-state index is 12.3. The number of imidazole rings is 2. The third kappa shape index (κ3) is 12.9. The number of benzene rings is 8. The van der Waals surface area contributed by atoms with Crippen LogP contribution in [-0.4, -0.2) is 47.8 Å². The quantitative estimate of drug-likeness (QED) is 0.121. The van der Waals surface area contributed by atoms with Gasteiger partial charge in [-0.05, 0) is 190 Å². The van der Waals surface area contributed by atoms with Crippen LogP contribution < -0.4 is 10.2 Å². The number of ether oxygens (including phenoxy) is 1. The monoisotopic (exact) mass is 1470 g/mol. The van der Waals surface area contributed by atoms with E-state index in [4.69, 9.17) is 24.7 Å². The number of aromatic amines is 1. The van der Waals surface area contributed by atoms with E-state index in [2.05, 4.69) is 267 Å². The van der Waals surface area contributed by atoms with Gasteiger partial charge in [0.2, 0.25) is 0 Å². The van der Waals surface area contributed by atoms with Crippen molar-refractivity contribution in [2.45, 2.75) is 133 Å². The number of para-hydroxylation sites is 2. The van der Waals surface area contributed by atoms with Crippen LogP contribution in [0.2, 0.25) is 0 Å². The van der Waals surface area contributed by atoms with Crippen LogP contribution in [0.3, 0.4) is 0 Å². The highest BCUT2D eigenvalue weighted by atomic mass is 79.9. The summed E-state index contributed by atoms with van der Waals surface area (Å²) in [5.74, 6) is 5.63. The fourth-order valence-corrected chi connectivity index (χ4v) is 15.9. The van der Waals surface area contributed by atoms with Gasteiger partial charge < -0.3 is 9.72 Å². The van der Waals surface area contributed by atoms with E-state index < -0.39 is 0 Å². The van der Waals surface area contributed by atoms with Crippen LogP contribution in [0.5, 0.6) is 11.5 Å². The minimum atomic E-state index is -0.00347. The van der Waals surface area contributed by atoms with Gasteiger partial charge in [-0.15, -0.1) is 0 Å². The highest BCUT2D eigenvalue weighted by molar-refractivity contribution is 9.10. The lowest BCUT2D eigenvalue weighted by molar-refractivity contribution is 0.484. The van der Waals surface area contributed by atoms with Crippen LogP contribution in [0.25, 0.3) is 133 Å². The molecule has 0 radical (unpaired) electrons. The van der Waals surface area contributed by atoms with Gasteiger partial charge in [0.25, 0.3) is 0 Å². The van der Waals surface area contributed by atoms with Gasteiger partial charge in [-0.25, -0.2) is 19.9 Å². The van der Waals surface area contributed by atoms with Crippen molar-refractivity contribution in [1.82, 2.24) is 47.8 Å². The average molecular weight is 1470 g/mol. The van der Waals surface area contributed by atoms with Crippen LogP contribution in [0.4, 0.5) is 0 Å². The number of fused-ring (bicyclic) bond motifs is 18. The van der Waals surface area contributed by atoms with Crippen LogP contribution in [-0.2, 0) is 0 Å². The number of hydrogen-bond acceptors (Lipinski definition) is 7. The van der Waals surface area contributed by atoms with E-state index in [0.717, 1.165) is 110 Å². The Morgan fingerprint density at radius 3 is 1.33 bits per heavy atom. The van der Waals surface area contributed by atoms with Gasteiger partial charge >= 0.3 is 0 Å². The van der Waals surface area contributed by atoms with Gasteiger partial charge in [-0.2, -0.15) is 0 Å². The van der Waals surface area contributed by atoms with Crippen molar-refractivity contribution in [2.75, 3.05) is 0 Å². The maximum Gasteiger partial charge on any atom is 0.179 e. The Morgan fingerprint density at radius 2 is 0.804 bits per heavy atom. The Morgan fingerprint density at radius 1 is 0.364 bits per heavy atom. The van der Waals surface area contributed by atoms with Gasteiger partial charge in [0.1, 0.15) is 34.4 Å².